The molecule has 226 valence electrons. The summed E-state index contributed by atoms with van der Waals surface area (Å²) in [5.74, 6) is -0.800. The van der Waals surface area contributed by atoms with E-state index in [9.17, 15) is 18.0 Å². The van der Waals surface area contributed by atoms with Crippen molar-refractivity contribution >= 4 is 62.3 Å². The summed E-state index contributed by atoms with van der Waals surface area (Å²) < 4.78 is 34.5. The van der Waals surface area contributed by atoms with E-state index in [1.54, 1.807) is 43.3 Å². The molecular formula is C30H34Cl3N3O5S. The minimum atomic E-state index is -4.29. The first kappa shape index (κ1) is 33.5. The Hall–Kier alpha value is -2.98. The van der Waals surface area contributed by atoms with E-state index >= 15 is 0 Å². The van der Waals surface area contributed by atoms with E-state index in [1.807, 2.05) is 13.8 Å². The quantitative estimate of drug-likeness (QED) is 0.213. The highest BCUT2D eigenvalue weighted by atomic mass is 35.5. The number of anilines is 1. The van der Waals surface area contributed by atoms with Gasteiger partial charge in [0.05, 0.1) is 27.7 Å². The Kier molecular flexibility index (Phi) is 11.9. The first-order chi connectivity index (χ1) is 19.9. The van der Waals surface area contributed by atoms with Crippen LogP contribution in [0.3, 0.4) is 0 Å². The maximum absolute atomic E-state index is 14.1. The Morgan fingerprint density at radius 3 is 2.29 bits per heavy atom. The number of benzene rings is 3. The van der Waals surface area contributed by atoms with Gasteiger partial charge >= 0.3 is 0 Å². The van der Waals surface area contributed by atoms with E-state index in [1.165, 1.54) is 36.3 Å². The third-order valence-electron chi connectivity index (χ3n) is 6.63. The maximum atomic E-state index is 14.1. The summed E-state index contributed by atoms with van der Waals surface area (Å²) in [6.07, 6.45) is 1.66. The van der Waals surface area contributed by atoms with Crippen LogP contribution in [0.25, 0.3) is 0 Å². The molecule has 3 aromatic carbocycles. The predicted molar refractivity (Wildman–Crippen MR) is 168 cm³/mol. The zero-order chi connectivity index (χ0) is 31.0. The SMILES string of the molecule is CCCCNC(=O)[C@@H](C)N(Cc1ccc(Cl)c(Cl)c1)C(=O)CN(c1cc(Cl)ccc1OC)S(=O)(=O)c1ccc(C)cc1. The van der Waals surface area contributed by atoms with Gasteiger partial charge in [0.2, 0.25) is 11.8 Å². The second-order valence-corrected chi connectivity index (χ2v) is 12.8. The number of hydrogen-bond acceptors (Lipinski definition) is 5. The molecule has 0 aliphatic carbocycles. The molecule has 0 aliphatic heterocycles. The number of amides is 2. The number of sulfonamides is 1. The number of carbonyl (C=O) groups is 2. The fourth-order valence-electron chi connectivity index (χ4n) is 4.16. The van der Waals surface area contributed by atoms with Crippen LogP contribution in [0.4, 0.5) is 5.69 Å². The Morgan fingerprint density at radius 2 is 1.67 bits per heavy atom. The molecule has 3 aromatic rings. The average molecular weight is 655 g/mol. The fourth-order valence-corrected chi connectivity index (χ4v) is 6.07. The van der Waals surface area contributed by atoms with Gasteiger partial charge < -0.3 is 15.0 Å². The molecular weight excluding hydrogens is 621 g/mol. The van der Waals surface area contributed by atoms with Crippen LogP contribution in [0, 0.1) is 6.92 Å². The van der Waals surface area contributed by atoms with Crippen molar-refractivity contribution in [3.8, 4) is 5.75 Å². The zero-order valence-corrected chi connectivity index (χ0v) is 26.9. The van der Waals surface area contributed by atoms with Gasteiger partial charge in [-0.2, -0.15) is 0 Å². The van der Waals surface area contributed by atoms with Gasteiger partial charge in [-0.25, -0.2) is 8.42 Å². The van der Waals surface area contributed by atoms with Gasteiger partial charge in [-0.1, -0.05) is 71.9 Å². The number of unbranched alkanes of at least 4 members (excludes halogenated alkanes) is 1. The topological polar surface area (TPSA) is 96.0 Å². The Balaban J connectivity index is 2.08. The van der Waals surface area contributed by atoms with Crippen LogP contribution in [-0.2, 0) is 26.2 Å². The standard InChI is InChI=1S/C30H34Cl3N3O5S/c1-5-6-15-34-30(38)21(3)35(18-22-9-13-25(32)26(33)16-22)29(37)19-36(27-17-23(31)10-14-28(27)41-4)42(39,40)24-11-7-20(2)8-12-24/h7-14,16-17,21H,5-6,15,18-19H2,1-4H3,(H,34,38)/t21-/m1/s1. The third-order valence-corrected chi connectivity index (χ3v) is 9.38. The second-order valence-electron chi connectivity index (χ2n) is 9.73. The number of rotatable bonds is 13. The molecule has 2 amide bonds. The summed E-state index contributed by atoms with van der Waals surface area (Å²) in [5.41, 5.74) is 1.56. The molecule has 0 aromatic heterocycles. The molecule has 0 unspecified atom stereocenters. The number of carbonyl (C=O) groups excluding carboxylic acids is 2. The molecule has 0 spiro atoms. The third kappa shape index (κ3) is 8.31. The summed E-state index contributed by atoms with van der Waals surface area (Å²) in [7, 11) is -2.90. The van der Waals surface area contributed by atoms with Crippen molar-refractivity contribution in [1.29, 1.82) is 0 Å². The molecule has 0 aliphatic rings. The lowest BCUT2D eigenvalue weighted by atomic mass is 10.1. The molecule has 0 saturated heterocycles. The first-order valence-electron chi connectivity index (χ1n) is 13.3. The zero-order valence-electron chi connectivity index (χ0n) is 23.9. The van der Waals surface area contributed by atoms with E-state index < -0.39 is 28.5 Å². The molecule has 1 atom stereocenters. The summed E-state index contributed by atoms with van der Waals surface area (Å²) in [4.78, 5) is 28.5. The van der Waals surface area contributed by atoms with Gasteiger partial charge in [0.1, 0.15) is 18.3 Å². The number of aryl methyl sites for hydroxylation is 1. The van der Waals surface area contributed by atoms with Crippen LogP contribution in [0.15, 0.2) is 65.6 Å². The van der Waals surface area contributed by atoms with Gasteiger partial charge in [-0.3, -0.25) is 13.9 Å². The lowest BCUT2D eigenvalue weighted by molar-refractivity contribution is -0.139. The molecule has 0 saturated carbocycles. The normalized spacial score (nSPS) is 12.0. The van der Waals surface area contributed by atoms with Crippen molar-refractivity contribution in [2.45, 2.75) is 51.1 Å². The van der Waals surface area contributed by atoms with Crippen LogP contribution >= 0.6 is 34.8 Å². The van der Waals surface area contributed by atoms with E-state index in [4.69, 9.17) is 39.5 Å². The van der Waals surface area contributed by atoms with E-state index in [2.05, 4.69) is 5.32 Å². The highest BCUT2D eigenvalue weighted by Crippen LogP contribution is 2.35. The molecule has 0 fully saturated rings. The number of hydrogen-bond donors (Lipinski definition) is 1. The van der Waals surface area contributed by atoms with Crippen molar-refractivity contribution in [2.75, 3.05) is 24.5 Å². The number of ether oxygens (including phenoxy) is 1. The van der Waals surface area contributed by atoms with Gasteiger partial charge in [-0.15, -0.1) is 0 Å². The summed E-state index contributed by atoms with van der Waals surface area (Å²) in [6, 6.07) is 14.7. The summed E-state index contributed by atoms with van der Waals surface area (Å²) >= 11 is 18.6. The largest absolute Gasteiger partial charge is 0.495 e. The Bertz CT molecular complexity index is 1520. The van der Waals surface area contributed by atoms with Crippen LogP contribution < -0.4 is 14.4 Å². The van der Waals surface area contributed by atoms with E-state index in [-0.39, 0.29) is 38.8 Å². The van der Waals surface area contributed by atoms with Crippen LogP contribution in [0.5, 0.6) is 5.75 Å². The van der Waals surface area contributed by atoms with Crippen molar-refractivity contribution in [2.24, 2.45) is 0 Å². The van der Waals surface area contributed by atoms with Gasteiger partial charge in [0.15, 0.2) is 0 Å². The minimum absolute atomic E-state index is 0.0238. The highest BCUT2D eigenvalue weighted by Gasteiger charge is 2.34. The summed E-state index contributed by atoms with van der Waals surface area (Å²) in [5, 5.41) is 3.72. The Morgan fingerprint density at radius 1 is 0.976 bits per heavy atom. The predicted octanol–water partition coefficient (Wildman–Crippen LogP) is 6.49. The van der Waals surface area contributed by atoms with E-state index in [0.717, 1.165) is 22.7 Å². The van der Waals surface area contributed by atoms with Crippen LogP contribution in [-0.4, -0.2) is 51.4 Å². The number of nitrogens with one attached hydrogen (secondary N) is 1. The lowest BCUT2D eigenvalue weighted by Gasteiger charge is -2.32. The first-order valence-corrected chi connectivity index (χ1v) is 15.9. The Labute approximate surface area is 262 Å². The molecule has 3 rings (SSSR count). The lowest BCUT2D eigenvalue weighted by Crippen LogP contribution is -2.51. The number of halogens is 3. The second kappa shape index (κ2) is 15.0. The molecule has 0 radical (unpaired) electrons. The monoisotopic (exact) mass is 653 g/mol. The van der Waals surface area contributed by atoms with Crippen LogP contribution in [0.2, 0.25) is 15.1 Å². The van der Waals surface area contributed by atoms with Gasteiger partial charge in [-0.05, 0) is 68.3 Å². The fraction of sp³-hybridized carbons (Fsp3) is 0.333. The molecule has 8 nitrogen and oxygen atoms in total. The van der Waals surface area contributed by atoms with Crippen molar-refractivity contribution in [3.63, 3.8) is 0 Å². The van der Waals surface area contributed by atoms with Crippen molar-refractivity contribution in [3.05, 3.63) is 86.9 Å². The number of methoxy groups -OCH3 is 1. The summed E-state index contributed by atoms with van der Waals surface area (Å²) in [6.45, 7) is 5.22. The number of nitrogens with zero attached hydrogens (tertiary/aromatic N) is 2. The maximum Gasteiger partial charge on any atom is 0.264 e. The highest BCUT2D eigenvalue weighted by molar-refractivity contribution is 7.92. The van der Waals surface area contributed by atoms with Crippen molar-refractivity contribution in [1.82, 2.24) is 10.2 Å². The molecule has 0 bridgehead atoms. The van der Waals surface area contributed by atoms with Crippen molar-refractivity contribution < 1.29 is 22.7 Å². The molecule has 1 N–H and O–H groups in total. The van der Waals surface area contributed by atoms with Crippen LogP contribution in [0.1, 0.15) is 37.8 Å². The molecule has 12 heteroatoms. The van der Waals surface area contributed by atoms with Gasteiger partial charge in [0, 0.05) is 18.1 Å². The molecule has 0 heterocycles. The average Bonchev–Trinajstić information content (AvgIpc) is 2.96. The van der Waals surface area contributed by atoms with Gasteiger partial charge in [0.25, 0.3) is 10.0 Å². The molecule has 42 heavy (non-hydrogen) atoms. The van der Waals surface area contributed by atoms with E-state index in [0.29, 0.717) is 17.1 Å². The minimum Gasteiger partial charge on any atom is -0.495 e. The smallest absolute Gasteiger partial charge is 0.264 e.